The molecule has 2 fully saturated rings. The number of rotatable bonds is 6. The quantitative estimate of drug-likeness (QED) is 0.378. The number of ketones is 1. The van der Waals surface area contributed by atoms with Gasteiger partial charge in [0, 0.05) is 31.1 Å². The van der Waals surface area contributed by atoms with E-state index >= 15 is 0 Å². The minimum Gasteiger partial charge on any atom is -0.367 e. The van der Waals surface area contributed by atoms with Gasteiger partial charge in [-0.15, -0.1) is 0 Å². The molecule has 0 aromatic carbocycles. The molecule has 3 aromatic heterocycles. The van der Waals surface area contributed by atoms with Crippen LogP contribution in [0.4, 0.5) is 24.8 Å². The third-order valence-corrected chi connectivity index (χ3v) is 6.32. The van der Waals surface area contributed by atoms with E-state index in [1.807, 2.05) is 0 Å². The zero-order chi connectivity index (χ0) is 22.3. The molecule has 10 heteroatoms. The third-order valence-electron chi connectivity index (χ3n) is 6.32. The molecule has 3 aromatic rings. The molecular weight excluding hydrogens is 421 g/mol. The van der Waals surface area contributed by atoms with Crippen molar-refractivity contribution in [2.75, 3.05) is 10.6 Å². The van der Waals surface area contributed by atoms with Crippen molar-refractivity contribution in [3.8, 4) is 0 Å². The number of hydrogen-bond donors (Lipinski definition) is 3. The number of anilines is 2. The number of aromatic amines is 1. The lowest BCUT2D eigenvalue weighted by Gasteiger charge is -2.29. The smallest absolute Gasteiger partial charge is 0.248 e. The Morgan fingerprint density at radius 3 is 2.47 bits per heavy atom. The molecule has 7 nitrogen and oxygen atoms in total. The molecule has 2 aliphatic rings. The lowest BCUT2D eigenvalue weighted by Crippen LogP contribution is -2.32. The third kappa shape index (κ3) is 4.01. The first-order chi connectivity index (χ1) is 15.4. The van der Waals surface area contributed by atoms with Crippen LogP contribution in [0.2, 0.25) is 0 Å². The number of nitrogens with zero attached hydrogens (tertiary/aromatic N) is 3. The van der Waals surface area contributed by atoms with E-state index in [1.54, 1.807) is 0 Å². The molecule has 3 heterocycles. The van der Waals surface area contributed by atoms with Gasteiger partial charge in [0.1, 0.15) is 23.6 Å². The van der Waals surface area contributed by atoms with E-state index in [1.165, 1.54) is 24.7 Å². The fourth-order valence-electron chi connectivity index (χ4n) is 4.22. The highest BCUT2D eigenvalue weighted by Gasteiger charge is 2.35. The summed E-state index contributed by atoms with van der Waals surface area (Å²) in [6, 6.07) is 2.97. The summed E-state index contributed by atoms with van der Waals surface area (Å²) in [7, 11) is 0. The SMILES string of the molecule is O=C(c1ccc(NC2CCC(F)(F)CC2)nc1F)c1c[nH]c2ncnc(NC3CCC3)c12. The van der Waals surface area contributed by atoms with Crippen LogP contribution in [0.1, 0.15) is 60.9 Å². The lowest BCUT2D eigenvalue weighted by molar-refractivity contribution is -0.0361. The van der Waals surface area contributed by atoms with Crippen molar-refractivity contribution in [2.45, 2.75) is 63.0 Å². The standard InChI is InChI=1S/C22H23F3N6O/c23-19-14(4-5-16(31-19)29-13-6-8-22(24,25)9-7-13)18(32)15-10-26-20-17(15)21(28-11-27-20)30-12-2-1-3-12/h4-5,10-13H,1-3,6-9H2,(H,29,31)(H2,26,27,28,30). The number of halogens is 3. The van der Waals surface area contributed by atoms with Gasteiger partial charge < -0.3 is 15.6 Å². The van der Waals surface area contributed by atoms with E-state index in [4.69, 9.17) is 0 Å². The maximum absolute atomic E-state index is 14.8. The highest BCUT2D eigenvalue weighted by atomic mass is 19.3. The largest absolute Gasteiger partial charge is 0.367 e. The van der Waals surface area contributed by atoms with Crippen molar-refractivity contribution in [2.24, 2.45) is 0 Å². The molecule has 0 unspecified atom stereocenters. The van der Waals surface area contributed by atoms with Crippen LogP contribution in [0, 0.1) is 5.95 Å². The first-order valence-corrected chi connectivity index (χ1v) is 10.8. The predicted molar refractivity (Wildman–Crippen MR) is 114 cm³/mol. The highest BCUT2D eigenvalue weighted by Crippen LogP contribution is 2.34. The van der Waals surface area contributed by atoms with Crippen LogP contribution < -0.4 is 10.6 Å². The molecule has 5 rings (SSSR count). The molecule has 3 N–H and O–H groups in total. The van der Waals surface area contributed by atoms with E-state index in [9.17, 15) is 18.0 Å². The second kappa shape index (κ2) is 8.07. The molecule has 0 saturated heterocycles. The summed E-state index contributed by atoms with van der Waals surface area (Å²) in [5.74, 6) is -3.31. The van der Waals surface area contributed by atoms with Crippen molar-refractivity contribution in [1.29, 1.82) is 0 Å². The average molecular weight is 444 g/mol. The minimum absolute atomic E-state index is 0.176. The molecule has 0 spiro atoms. The van der Waals surface area contributed by atoms with Crippen molar-refractivity contribution in [3.05, 3.63) is 41.7 Å². The van der Waals surface area contributed by atoms with Crippen molar-refractivity contribution >= 4 is 28.5 Å². The van der Waals surface area contributed by atoms with E-state index in [2.05, 4.69) is 30.6 Å². The van der Waals surface area contributed by atoms with Gasteiger partial charge in [-0.1, -0.05) is 0 Å². The molecule has 2 saturated carbocycles. The van der Waals surface area contributed by atoms with E-state index < -0.39 is 17.7 Å². The number of nitrogens with one attached hydrogen (secondary N) is 3. The van der Waals surface area contributed by atoms with Crippen molar-refractivity contribution in [1.82, 2.24) is 19.9 Å². The number of hydrogen-bond acceptors (Lipinski definition) is 6. The number of aromatic nitrogens is 4. The van der Waals surface area contributed by atoms with Gasteiger partial charge in [0.25, 0.3) is 0 Å². The monoisotopic (exact) mass is 444 g/mol. The molecule has 32 heavy (non-hydrogen) atoms. The van der Waals surface area contributed by atoms with Crippen LogP contribution in [0.25, 0.3) is 11.0 Å². The zero-order valence-electron chi connectivity index (χ0n) is 17.3. The predicted octanol–water partition coefficient (Wildman–Crippen LogP) is 4.68. The molecule has 0 radical (unpaired) electrons. The number of pyridine rings is 1. The Bertz CT molecular complexity index is 1150. The first-order valence-electron chi connectivity index (χ1n) is 10.8. The second-order valence-corrected chi connectivity index (χ2v) is 8.56. The van der Waals surface area contributed by atoms with E-state index in [0.29, 0.717) is 22.9 Å². The fraction of sp³-hybridized carbons (Fsp3) is 0.455. The fourth-order valence-corrected chi connectivity index (χ4v) is 4.22. The lowest BCUT2D eigenvalue weighted by atomic mass is 9.92. The number of alkyl halides is 2. The number of carbonyl (C=O) groups excluding carboxylic acids is 1. The van der Waals surface area contributed by atoms with E-state index in [0.717, 1.165) is 19.3 Å². The van der Waals surface area contributed by atoms with Gasteiger partial charge in [-0.3, -0.25) is 4.79 Å². The Balaban J connectivity index is 1.37. The topological polar surface area (TPSA) is 95.6 Å². The van der Waals surface area contributed by atoms with Crippen LogP contribution in [0.3, 0.4) is 0 Å². The Morgan fingerprint density at radius 1 is 1.03 bits per heavy atom. The van der Waals surface area contributed by atoms with E-state index in [-0.39, 0.29) is 48.7 Å². The van der Waals surface area contributed by atoms with Gasteiger partial charge in [0.05, 0.1) is 16.5 Å². The van der Waals surface area contributed by atoms with Gasteiger partial charge >= 0.3 is 0 Å². The normalized spacial score (nSPS) is 19.0. The van der Waals surface area contributed by atoms with Gasteiger partial charge in [0.2, 0.25) is 11.9 Å². The number of carbonyl (C=O) groups is 1. The maximum atomic E-state index is 14.8. The summed E-state index contributed by atoms with van der Waals surface area (Å²) < 4.78 is 41.5. The van der Waals surface area contributed by atoms with Crippen molar-refractivity contribution in [3.63, 3.8) is 0 Å². The average Bonchev–Trinajstić information content (AvgIpc) is 3.17. The van der Waals surface area contributed by atoms with Crippen LogP contribution in [0.15, 0.2) is 24.7 Å². The molecule has 0 bridgehead atoms. The van der Waals surface area contributed by atoms with Gasteiger partial charge in [-0.25, -0.2) is 23.7 Å². The molecule has 0 amide bonds. The van der Waals surface area contributed by atoms with Gasteiger partial charge in [0.15, 0.2) is 5.78 Å². The molecule has 168 valence electrons. The summed E-state index contributed by atoms with van der Waals surface area (Å²) in [4.78, 5) is 28.4. The van der Waals surface area contributed by atoms with Crippen molar-refractivity contribution < 1.29 is 18.0 Å². The highest BCUT2D eigenvalue weighted by molar-refractivity contribution is 6.18. The van der Waals surface area contributed by atoms with Crippen LogP contribution in [-0.2, 0) is 0 Å². The summed E-state index contributed by atoms with van der Waals surface area (Å²) in [6.45, 7) is 0. The first kappa shape index (κ1) is 20.7. The Hall–Kier alpha value is -3.17. The number of H-pyrrole nitrogens is 1. The van der Waals surface area contributed by atoms with Gasteiger partial charge in [-0.2, -0.15) is 4.39 Å². The summed E-state index contributed by atoms with van der Waals surface area (Å²) in [5.41, 5.74) is 0.578. The molecular formula is C22H23F3N6O. The molecule has 0 aliphatic heterocycles. The Labute approximate surface area is 182 Å². The second-order valence-electron chi connectivity index (χ2n) is 8.56. The summed E-state index contributed by atoms with van der Waals surface area (Å²) in [5, 5.41) is 6.86. The minimum atomic E-state index is -2.64. The van der Waals surface area contributed by atoms with Crippen LogP contribution >= 0.6 is 0 Å². The van der Waals surface area contributed by atoms with Crippen LogP contribution in [-0.4, -0.2) is 43.7 Å². The molecule has 0 atom stereocenters. The van der Waals surface area contributed by atoms with Crippen LogP contribution in [0.5, 0.6) is 0 Å². The Kier molecular flexibility index (Phi) is 5.22. The number of fused-ring (bicyclic) bond motifs is 1. The van der Waals surface area contributed by atoms with Gasteiger partial charge in [-0.05, 0) is 44.2 Å². The maximum Gasteiger partial charge on any atom is 0.248 e. The summed E-state index contributed by atoms with van der Waals surface area (Å²) in [6.07, 6.45) is 6.28. The Morgan fingerprint density at radius 2 is 1.78 bits per heavy atom. The zero-order valence-corrected chi connectivity index (χ0v) is 17.3. The summed E-state index contributed by atoms with van der Waals surface area (Å²) >= 11 is 0. The molecule has 2 aliphatic carbocycles.